The van der Waals surface area contributed by atoms with Crippen molar-refractivity contribution >= 4 is 0 Å². The monoisotopic (exact) mass is 561 g/mol. The van der Waals surface area contributed by atoms with Crippen molar-refractivity contribution in [2.24, 2.45) is 0 Å². The van der Waals surface area contributed by atoms with Crippen molar-refractivity contribution in [2.75, 3.05) is 13.1 Å². The van der Waals surface area contributed by atoms with Crippen LogP contribution in [0, 0.1) is 0 Å². The summed E-state index contributed by atoms with van der Waals surface area (Å²) in [5.41, 5.74) is 0. The summed E-state index contributed by atoms with van der Waals surface area (Å²) in [6, 6.07) is 0. The summed E-state index contributed by atoms with van der Waals surface area (Å²) in [5, 5.41) is 0. The summed E-state index contributed by atoms with van der Waals surface area (Å²) in [5.74, 6) is 0. The summed E-state index contributed by atoms with van der Waals surface area (Å²) >= 11 is 0. The zero-order valence-corrected chi connectivity index (χ0v) is 28.3. The quantitative estimate of drug-likeness (QED) is 0.0755. The molecule has 238 valence electrons. The molecule has 1 heterocycles. The van der Waals surface area contributed by atoms with Crippen molar-refractivity contribution in [1.82, 2.24) is 9.80 Å². The molecule has 1 aliphatic rings. The van der Waals surface area contributed by atoms with Crippen LogP contribution >= 0.6 is 0 Å². The molecule has 2 heteroatoms. The van der Waals surface area contributed by atoms with Crippen molar-refractivity contribution in [3.8, 4) is 0 Å². The molecule has 1 atom stereocenters. The van der Waals surface area contributed by atoms with Gasteiger partial charge in [0.1, 0.15) is 6.17 Å². The lowest BCUT2D eigenvalue weighted by Gasteiger charge is -2.33. The maximum atomic E-state index is 2.71. The van der Waals surface area contributed by atoms with E-state index in [-0.39, 0.29) is 0 Å². The molecule has 1 unspecified atom stereocenters. The summed E-state index contributed by atoms with van der Waals surface area (Å²) in [7, 11) is 0. The predicted octanol–water partition coefficient (Wildman–Crippen LogP) is 13.2. The van der Waals surface area contributed by atoms with Gasteiger partial charge < -0.3 is 9.80 Å². The molecule has 1 aliphatic heterocycles. The van der Waals surface area contributed by atoms with E-state index in [1.807, 2.05) is 0 Å². The molecule has 0 aromatic rings. The lowest BCUT2D eigenvalue weighted by Crippen LogP contribution is -2.39. The van der Waals surface area contributed by atoms with Crippen LogP contribution in [0.3, 0.4) is 0 Å². The van der Waals surface area contributed by atoms with Gasteiger partial charge in [-0.3, -0.25) is 0 Å². The second-order valence-corrected chi connectivity index (χ2v) is 13.2. The largest absolute Gasteiger partial charge is 0.356 e. The van der Waals surface area contributed by atoms with E-state index >= 15 is 0 Å². The molecule has 0 bridgehead atoms. The van der Waals surface area contributed by atoms with Gasteiger partial charge in [0.2, 0.25) is 0 Å². The first-order valence-electron chi connectivity index (χ1n) is 19.0. The molecular formula is C38H76N2. The van der Waals surface area contributed by atoms with E-state index in [4.69, 9.17) is 0 Å². The van der Waals surface area contributed by atoms with Crippen LogP contribution in [-0.2, 0) is 0 Å². The lowest BCUT2D eigenvalue weighted by atomic mass is 10.0. The highest BCUT2D eigenvalue weighted by molar-refractivity contribution is 4.97. The Hall–Kier alpha value is -0.660. The van der Waals surface area contributed by atoms with Crippen molar-refractivity contribution in [3.63, 3.8) is 0 Å². The Balaban J connectivity index is 2.17. The fraction of sp³-hybridized carbons (Fsp3) is 0.947. The molecule has 0 saturated carbocycles. The summed E-state index contributed by atoms with van der Waals surface area (Å²) < 4.78 is 0. The zero-order valence-electron chi connectivity index (χ0n) is 28.3. The molecule has 0 saturated heterocycles. The van der Waals surface area contributed by atoms with E-state index in [2.05, 4.69) is 43.0 Å². The van der Waals surface area contributed by atoms with E-state index in [0.29, 0.717) is 6.17 Å². The molecule has 40 heavy (non-hydrogen) atoms. The normalized spacial score (nSPS) is 15.1. The molecule has 0 aliphatic carbocycles. The van der Waals surface area contributed by atoms with Gasteiger partial charge in [-0.2, -0.15) is 0 Å². The SMILES string of the molecule is CCCCCCCCCCCCCCCC1N(CCCCCCC)C=CN1CCCCCCCCCCCCC. The van der Waals surface area contributed by atoms with Gasteiger partial charge in [-0.1, -0.05) is 188 Å². The van der Waals surface area contributed by atoms with Gasteiger partial charge in [-0.15, -0.1) is 0 Å². The van der Waals surface area contributed by atoms with Gasteiger partial charge in [-0.25, -0.2) is 0 Å². The van der Waals surface area contributed by atoms with Gasteiger partial charge in [0.25, 0.3) is 0 Å². The van der Waals surface area contributed by atoms with E-state index in [0.717, 1.165) is 0 Å². The van der Waals surface area contributed by atoms with Crippen molar-refractivity contribution in [2.45, 2.75) is 220 Å². The van der Waals surface area contributed by atoms with Crippen molar-refractivity contribution < 1.29 is 0 Å². The first-order chi connectivity index (χ1) is 19.8. The first kappa shape index (κ1) is 37.4. The topological polar surface area (TPSA) is 6.48 Å². The summed E-state index contributed by atoms with van der Waals surface area (Å²) in [6.07, 6.45) is 48.5. The van der Waals surface area contributed by atoms with Crippen molar-refractivity contribution in [1.29, 1.82) is 0 Å². The highest BCUT2D eigenvalue weighted by atomic mass is 15.4. The zero-order chi connectivity index (χ0) is 28.8. The summed E-state index contributed by atoms with van der Waals surface area (Å²) in [4.78, 5) is 5.41. The maximum absolute atomic E-state index is 2.71. The van der Waals surface area contributed by atoms with Crippen LogP contribution < -0.4 is 0 Å². The molecule has 0 fully saturated rings. The van der Waals surface area contributed by atoms with Gasteiger partial charge >= 0.3 is 0 Å². The van der Waals surface area contributed by atoms with Gasteiger partial charge in [0.05, 0.1) is 0 Å². The van der Waals surface area contributed by atoms with Gasteiger partial charge in [0.15, 0.2) is 0 Å². The lowest BCUT2D eigenvalue weighted by molar-refractivity contribution is 0.135. The molecule has 1 rings (SSSR count). The highest BCUT2D eigenvalue weighted by Gasteiger charge is 2.24. The third kappa shape index (κ3) is 22.0. The fourth-order valence-electron chi connectivity index (χ4n) is 6.54. The van der Waals surface area contributed by atoms with E-state index in [1.165, 1.54) is 206 Å². The molecule has 0 aromatic carbocycles. The Morgan fingerprint density at radius 1 is 0.325 bits per heavy atom. The highest BCUT2D eigenvalue weighted by Crippen LogP contribution is 2.24. The average molecular weight is 561 g/mol. The number of hydrogen-bond donors (Lipinski definition) is 0. The smallest absolute Gasteiger partial charge is 0.101 e. The van der Waals surface area contributed by atoms with Crippen molar-refractivity contribution in [3.05, 3.63) is 12.4 Å². The van der Waals surface area contributed by atoms with E-state index < -0.39 is 0 Å². The van der Waals surface area contributed by atoms with Crippen LogP contribution in [0.5, 0.6) is 0 Å². The average Bonchev–Trinajstić information content (AvgIpc) is 3.35. The van der Waals surface area contributed by atoms with E-state index in [1.54, 1.807) is 0 Å². The Morgan fingerprint density at radius 2 is 0.575 bits per heavy atom. The fourth-order valence-corrected chi connectivity index (χ4v) is 6.54. The van der Waals surface area contributed by atoms with Gasteiger partial charge in [0, 0.05) is 25.5 Å². The second kappa shape index (κ2) is 29.8. The van der Waals surface area contributed by atoms with Crippen LogP contribution in [0.4, 0.5) is 0 Å². The van der Waals surface area contributed by atoms with Crippen LogP contribution in [0.2, 0.25) is 0 Å². The molecule has 2 nitrogen and oxygen atoms in total. The van der Waals surface area contributed by atoms with Gasteiger partial charge in [-0.05, 0) is 25.7 Å². The number of unbranched alkanes of at least 4 members (excludes halogenated alkanes) is 26. The van der Waals surface area contributed by atoms with E-state index in [9.17, 15) is 0 Å². The van der Waals surface area contributed by atoms with Crippen LogP contribution in [-0.4, -0.2) is 29.1 Å². The molecule has 0 radical (unpaired) electrons. The Labute approximate surface area is 254 Å². The molecule has 0 spiro atoms. The number of nitrogens with zero attached hydrogens (tertiary/aromatic N) is 2. The molecular weight excluding hydrogens is 484 g/mol. The standard InChI is InChI=1S/C38H76N2/c1-4-7-10-13-15-17-19-20-21-23-25-27-30-33-38-39(34-31-28-12-9-6-3)36-37-40(38)35-32-29-26-24-22-18-16-14-11-8-5-2/h36-38H,4-35H2,1-3H3. The number of rotatable bonds is 32. The minimum Gasteiger partial charge on any atom is -0.356 e. The Kier molecular flexibility index (Phi) is 27.9. The minimum atomic E-state index is 0.641. The molecule has 0 aromatic heterocycles. The Morgan fingerprint density at radius 3 is 0.875 bits per heavy atom. The third-order valence-electron chi connectivity index (χ3n) is 9.32. The van der Waals surface area contributed by atoms with Crippen LogP contribution in [0.25, 0.3) is 0 Å². The Bertz CT molecular complexity index is 516. The third-order valence-corrected chi connectivity index (χ3v) is 9.32. The molecule has 0 amide bonds. The number of hydrogen-bond acceptors (Lipinski definition) is 2. The van der Waals surface area contributed by atoms with Crippen LogP contribution in [0.15, 0.2) is 12.4 Å². The first-order valence-corrected chi connectivity index (χ1v) is 19.0. The summed E-state index contributed by atoms with van der Waals surface area (Å²) in [6.45, 7) is 9.47. The van der Waals surface area contributed by atoms with Crippen LogP contribution in [0.1, 0.15) is 213 Å². The molecule has 0 N–H and O–H groups in total. The second-order valence-electron chi connectivity index (χ2n) is 13.2. The maximum Gasteiger partial charge on any atom is 0.101 e. The predicted molar refractivity (Wildman–Crippen MR) is 182 cm³/mol. The minimum absolute atomic E-state index is 0.641.